The summed E-state index contributed by atoms with van der Waals surface area (Å²) in [5.41, 5.74) is 1.28. The summed E-state index contributed by atoms with van der Waals surface area (Å²) in [6.07, 6.45) is 4.96. The Morgan fingerprint density at radius 2 is 2.36 bits per heavy atom. The van der Waals surface area contributed by atoms with Crippen molar-refractivity contribution >= 4 is 15.9 Å². The van der Waals surface area contributed by atoms with Gasteiger partial charge in [-0.2, -0.15) is 0 Å². The van der Waals surface area contributed by atoms with E-state index < -0.39 is 0 Å². The van der Waals surface area contributed by atoms with Crippen LogP contribution < -0.4 is 5.32 Å². The molecular weight excluding hydrogens is 204 g/mol. The highest BCUT2D eigenvalue weighted by Crippen LogP contribution is 2.23. The lowest BCUT2D eigenvalue weighted by molar-refractivity contribution is 0.382. The highest BCUT2D eigenvalue weighted by molar-refractivity contribution is 9.10. The number of nitrogens with one attached hydrogen (secondary N) is 1. The number of aromatic nitrogens is 1. The molecule has 0 amide bonds. The zero-order valence-electron chi connectivity index (χ0n) is 6.05. The van der Waals surface area contributed by atoms with Crippen molar-refractivity contribution < 1.29 is 0 Å². The molecule has 0 aliphatic carbocycles. The molecule has 0 spiro atoms. The molecule has 0 aromatic carbocycles. The van der Waals surface area contributed by atoms with Gasteiger partial charge in [0.25, 0.3) is 0 Å². The largest absolute Gasteiger partial charge is 0.310 e. The maximum absolute atomic E-state index is 4.10. The first-order valence-corrected chi connectivity index (χ1v) is 4.49. The highest BCUT2D eigenvalue weighted by Gasteiger charge is 2.18. The molecule has 1 aliphatic rings. The second kappa shape index (κ2) is 2.91. The molecule has 1 fully saturated rings. The van der Waals surface area contributed by atoms with E-state index in [2.05, 4.69) is 32.3 Å². The molecule has 0 saturated carbocycles. The molecule has 1 unspecified atom stereocenters. The lowest BCUT2D eigenvalue weighted by atomic mass is 10.0. The molecule has 1 aromatic rings. The van der Waals surface area contributed by atoms with Crippen LogP contribution in [0.3, 0.4) is 0 Å². The first-order chi connectivity index (χ1) is 5.36. The minimum absolute atomic E-state index is 0.542. The van der Waals surface area contributed by atoms with Gasteiger partial charge in [-0.05, 0) is 40.5 Å². The zero-order valence-corrected chi connectivity index (χ0v) is 7.63. The maximum atomic E-state index is 4.10. The van der Waals surface area contributed by atoms with Gasteiger partial charge in [0, 0.05) is 22.9 Å². The van der Waals surface area contributed by atoms with Gasteiger partial charge in [-0.15, -0.1) is 0 Å². The van der Waals surface area contributed by atoms with Gasteiger partial charge >= 0.3 is 0 Å². The van der Waals surface area contributed by atoms with E-state index in [-0.39, 0.29) is 0 Å². The molecular formula is C8H9BrN2. The highest BCUT2D eigenvalue weighted by atomic mass is 79.9. The van der Waals surface area contributed by atoms with Gasteiger partial charge in [-0.25, -0.2) is 0 Å². The van der Waals surface area contributed by atoms with Crippen LogP contribution in [0.25, 0.3) is 0 Å². The molecule has 1 aromatic heterocycles. The van der Waals surface area contributed by atoms with Gasteiger partial charge in [0.1, 0.15) is 0 Å². The summed E-state index contributed by atoms with van der Waals surface area (Å²) in [7, 11) is 0. The zero-order chi connectivity index (χ0) is 7.68. The van der Waals surface area contributed by atoms with E-state index >= 15 is 0 Å². The Morgan fingerprint density at radius 1 is 1.55 bits per heavy atom. The van der Waals surface area contributed by atoms with Crippen molar-refractivity contribution in [1.29, 1.82) is 0 Å². The average molecular weight is 213 g/mol. The summed E-state index contributed by atoms with van der Waals surface area (Å²) >= 11 is 3.39. The predicted octanol–water partition coefficient (Wildman–Crippen LogP) is 1.88. The van der Waals surface area contributed by atoms with Crippen molar-refractivity contribution in [3.63, 3.8) is 0 Å². The van der Waals surface area contributed by atoms with Crippen LogP contribution in [0.1, 0.15) is 18.0 Å². The van der Waals surface area contributed by atoms with Gasteiger partial charge in [-0.1, -0.05) is 0 Å². The minimum atomic E-state index is 0.542. The van der Waals surface area contributed by atoms with Crippen LogP contribution >= 0.6 is 15.9 Å². The van der Waals surface area contributed by atoms with E-state index in [0.717, 1.165) is 11.0 Å². The number of hydrogen-bond acceptors (Lipinski definition) is 2. The van der Waals surface area contributed by atoms with Crippen molar-refractivity contribution in [2.75, 3.05) is 6.54 Å². The van der Waals surface area contributed by atoms with E-state index in [0.29, 0.717) is 6.04 Å². The molecule has 2 rings (SSSR count). The molecule has 2 nitrogen and oxygen atoms in total. The van der Waals surface area contributed by atoms with Crippen molar-refractivity contribution in [2.45, 2.75) is 12.5 Å². The topological polar surface area (TPSA) is 24.9 Å². The van der Waals surface area contributed by atoms with Crippen LogP contribution in [0.5, 0.6) is 0 Å². The first kappa shape index (κ1) is 7.25. The third-order valence-corrected chi connectivity index (χ3v) is 2.39. The van der Waals surface area contributed by atoms with E-state index in [1.807, 2.05) is 12.4 Å². The Labute approximate surface area is 74.2 Å². The second-order valence-corrected chi connectivity index (χ2v) is 3.65. The monoisotopic (exact) mass is 212 g/mol. The van der Waals surface area contributed by atoms with Crippen LogP contribution in [-0.4, -0.2) is 11.5 Å². The molecule has 0 radical (unpaired) electrons. The predicted molar refractivity (Wildman–Crippen MR) is 47.3 cm³/mol. The summed E-state index contributed by atoms with van der Waals surface area (Å²) in [4.78, 5) is 4.10. The Morgan fingerprint density at radius 3 is 2.91 bits per heavy atom. The quantitative estimate of drug-likeness (QED) is 0.770. The van der Waals surface area contributed by atoms with Crippen molar-refractivity contribution in [3.05, 3.63) is 28.5 Å². The first-order valence-electron chi connectivity index (χ1n) is 3.70. The van der Waals surface area contributed by atoms with Crippen LogP contribution in [0.4, 0.5) is 0 Å². The summed E-state index contributed by atoms with van der Waals surface area (Å²) in [6, 6.07) is 2.66. The third kappa shape index (κ3) is 1.44. The fraction of sp³-hybridized carbons (Fsp3) is 0.375. The van der Waals surface area contributed by atoms with Gasteiger partial charge in [0.05, 0.1) is 0 Å². The molecule has 11 heavy (non-hydrogen) atoms. The molecule has 1 saturated heterocycles. The standard InChI is InChI=1S/C8H9BrN2/c9-7-3-6(4-10-5-7)8-1-2-11-8/h3-5,8,11H,1-2H2. The Hall–Kier alpha value is -0.410. The fourth-order valence-electron chi connectivity index (χ4n) is 1.19. The number of hydrogen-bond donors (Lipinski definition) is 1. The lowest BCUT2D eigenvalue weighted by Crippen LogP contribution is -2.34. The molecule has 1 atom stereocenters. The van der Waals surface area contributed by atoms with E-state index in [1.165, 1.54) is 12.0 Å². The van der Waals surface area contributed by atoms with Gasteiger partial charge < -0.3 is 5.32 Å². The molecule has 3 heteroatoms. The van der Waals surface area contributed by atoms with E-state index in [1.54, 1.807) is 0 Å². The number of nitrogens with zero attached hydrogens (tertiary/aromatic N) is 1. The van der Waals surface area contributed by atoms with Crippen LogP contribution in [-0.2, 0) is 0 Å². The summed E-state index contributed by atoms with van der Waals surface area (Å²) in [5.74, 6) is 0. The van der Waals surface area contributed by atoms with Crippen LogP contribution in [0, 0.1) is 0 Å². The van der Waals surface area contributed by atoms with Crippen LogP contribution in [0.15, 0.2) is 22.9 Å². The Bertz CT molecular complexity index is 258. The van der Waals surface area contributed by atoms with Crippen molar-refractivity contribution in [1.82, 2.24) is 10.3 Å². The van der Waals surface area contributed by atoms with Crippen LogP contribution in [0.2, 0.25) is 0 Å². The smallest absolute Gasteiger partial charge is 0.0410 e. The van der Waals surface area contributed by atoms with Gasteiger partial charge in [0.2, 0.25) is 0 Å². The molecule has 2 heterocycles. The third-order valence-electron chi connectivity index (χ3n) is 1.95. The lowest BCUT2D eigenvalue weighted by Gasteiger charge is -2.27. The Kier molecular flexibility index (Phi) is 1.92. The normalized spacial score (nSPS) is 22.8. The molecule has 1 aliphatic heterocycles. The van der Waals surface area contributed by atoms with Crippen molar-refractivity contribution in [3.8, 4) is 0 Å². The SMILES string of the molecule is Brc1cncc(C2CCN2)c1. The van der Waals surface area contributed by atoms with E-state index in [9.17, 15) is 0 Å². The second-order valence-electron chi connectivity index (χ2n) is 2.73. The maximum Gasteiger partial charge on any atom is 0.0410 e. The van der Waals surface area contributed by atoms with Crippen molar-refractivity contribution in [2.24, 2.45) is 0 Å². The minimum Gasteiger partial charge on any atom is -0.310 e. The van der Waals surface area contributed by atoms with E-state index in [4.69, 9.17) is 0 Å². The summed E-state index contributed by atoms with van der Waals surface area (Å²) in [6.45, 7) is 1.14. The molecule has 58 valence electrons. The number of halogens is 1. The number of rotatable bonds is 1. The Balaban J connectivity index is 2.23. The average Bonchev–Trinajstić information content (AvgIpc) is 1.83. The number of pyridine rings is 1. The molecule has 0 bridgehead atoms. The fourth-order valence-corrected chi connectivity index (χ4v) is 1.57. The summed E-state index contributed by atoms with van der Waals surface area (Å²) < 4.78 is 1.06. The summed E-state index contributed by atoms with van der Waals surface area (Å²) in [5, 5.41) is 3.33. The van der Waals surface area contributed by atoms with Gasteiger partial charge in [0.15, 0.2) is 0 Å². The molecule has 1 N–H and O–H groups in total. The van der Waals surface area contributed by atoms with Gasteiger partial charge in [-0.3, -0.25) is 4.98 Å².